The smallest absolute Gasteiger partial charge is 0.342 e. The lowest BCUT2D eigenvalue weighted by molar-refractivity contribution is -0.385. The van der Waals surface area contributed by atoms with E-state index < -0.39 is 28.0 Å². The summed E-state index contributed by atoms with van der Waals surface area (Å²) < 4.78 is 13.7. The first-order valence-corrected chi connectivity index (χ1v) is 7.26. The van der Waals surface area contributed by atoms with Gasteiger partial charge in [-0.05, 0) is 18.2 Å². The van der Waals surface area contributed by atoms with Gasteiger partial charge in [0.2, 0.25) is 0 Å². The molecule has 3 N–H and O–H groups in total. The maximum atomic E-state index is 13.7. The lowest BCUT2D eigenvalue weighted by atomic mass is 10.1. The van der Waals surface area contributed by atoms with Gasteiger partial charge in [-0.2, -0.15) is 11.8 Å². The minimum absolute atomic E-state index is 0.0826. The van der Waals surface area contributed by atoms with Crippen molar-refractivity contribution in [1.29, 1.82) is 0 Å². The molecule has 0 aliphatic carbocycles. The van der Waals surface area contributed by atoms with Crippen molar-refractivity contribution in [3.8, 4) is 0 Å². The molecular weight excluding hydrogens is 303 g/mol. The lowest BCUT2D eigenvalue weighted by Gasteiger charge is -2.08. The summed E-state index contributed by atoms with van der Waals surface area (Å²) in [6.45, 7) is 0.489. The molecule has 0 bridgehead atoms. The van der Waals surface area contributed by atoms with E-state index in [0.717, 1.165) is 11.8 Å². The highest BCUT2D eigenvalue weighted by molar-refractivity contribution is 7.99. The molecule has 0 aliphatic heterocycles. The van der Waals surface area contributed by atoms with Crippen molar-refractivity contribution in [3.63, 3.8) is 0 Å². The molecule has 21 heavy (non-hydrogen) atoms. The second-order valence-corrected chi connectivity index (χ2v) is 5.25. The van der Waals surface area contributed by atoms with Crippen molar-refractivity contribution < 1.29 is 24.3 Å². The number of nitro benzene ring substituents is 1. The molecule has 0 spiro atoms. The summed E-state index contributed by atoms with van der Waals surface area (Å²) >= 11 is 1.55. The summed E-state index contributed by atoms with van der Waals surface area (Å²) in [6, 6.07) is 1.53. The largest absolute Gasteiger partial charge is 0.477 e. The molecule has 9 heteroatoms. The number of hydrogen-bond acceptors (Lipinski definition) is 6. The predicted octanol–water partition coefficient (Wildman–Crippen LogP) is 1.96. The van der Waals surface area contributed by atoms with Crippen LogP contribution >= 0.6 is 11.8 Å². The number of nitrogens with zero attached hydrogens (tertiary/aromatic N) is 1. The molecule has 7 nitrogen and oxygen atoms in total. The number of halogens is 1. The predicted molar refractivity (Wildman–Crippen MR) is 77.5 cm³/mol. The number of carbonyl (C=O) groups is 1. The van der Waals surface area contributed by atoms with Crippen molar-refractivity contribution in [1.82, 2.24) is 0 Å². The Bertz CT molecular complexity index is 527. The molecule has 116 valence electrons. The third-order valence-electron chi connectivity index (χ3n) is 2.52. The molecule has 0 radical (unpaired) electrons. The summed E-state index contributed by atoms with van der Waals surface area (Å²) in [5, 5.41) is 30.9. The summed E-state index contributed by atoms with van der Waals surface area (Å²) in [5.74, 6) is -0.950. The normalized spacial score (nSPS) is 10.4. The average Bonchev–Trinajstić information content (AvgIpc) is 2.43. The van der Waals surface area contributed by atoms with Gasteiger partial charge in [-0.15, -0.1) is 0 Å². The maximum absolute atomic E-state index is 13.7. The molecule has 1 aromatic rings. The fourth-order valence-electron chi connectivity index (χ4n) is 1.55. The van der Waals surface area contributed by atoms with Crippen molar-refractivity contribution in [3.05, 3.63) is 33.6 Å². The quantitative estimate of drug-likeness (QED) is 0.362. The molecule has 0 aliphatic rings. The van der Waals surface area contributed by atoms with E-state index in [1.165, 1.54) is 0 Å². The van der Waals surface area contributed by atoms with Crippen LogP contribution in [0.4, 0.5) is 15.8 Å². The highest BCUT2D eigenvalue weighted by Gasteiger charge is 2.23. The van der Waals surface area contributed by atoms with E-state index in [0.29, 0.717) is 24.8 Å². The Hall–Kier alpha value is -1.87. The summed E-state index contributed by atoms with van der Waals surface area (Å²) in [6.07, 6.45) is 0.666. The first kappa shape index (κ1) is 17.2. The third kappa shape index (κ3) is 5.20. The third-order valence-corrected chi connectivity index (χ3v) is 3.59. The fraction of sp³-hybridized carbons (Fsp3) is 0.417. The Morgan fingerprint density at radius 3 is 2.71 bits per heavy atom. The van der Waals surface area contributed by atoms with Gasteiger partial charge in [0.1, 0.15) is 5.56 Å². The standard InChI is InChI=1S/C12H15FN2O5S/c13-9-7-11(15(19)20)8(12(17)18)6-10(9)14-2-5-21-4-1-3-16/h6-7,14,16H,1-5H2,(H,17,18). The van der Waals surface area contributed by atoms with E-state index in [9.17, 15) is 19.3 Å². The number of nitro groups is 1. The van der Waals surface area contributed by atoms with Gasteiger partial charge in [-0.1, -0.05) is 0 Å². The molecule has 0 fully saturated rings. The zero-order valence-corrected chi connectivity index (χ0v) is 11.9. The minimum atomic E-state index is -1.48. The minimum Gasteiger partial charge on any atom is -0.477 e. The molecule has 0 atom stereocenters. The number of thioether (sulfide) groups is 1. The van der Waals surface area contributed by atoms with Crippen molar-refractivity contribution in [2.45, 2.75) is 6.42 Å². The van der Waals surface area contributed by atoms with Gasteiger partial charge in [0.05, 0.1) is 16.7 Å². The Morgan fingerprint density at radius 1 is 1.43 bits per heavy atom. The van der Waals surface area contributed by atoms with Crippen LogP contribution < -0.4 is 5.32 Å². The molecule has 0 saturated heterocycles. The van der Waals surface area contributed by atoms with Crippen LogP contribution in [0, 0.1) is 15.9 Å². The van der Waals surface area contributed by atoms with Gasteiger partial charge >= 0.3 is 5.97 Å². The van der Waals surface area contributed by atoms with E-state index in [1.807, 2.05) is 0 Å². The maximum Gasteiger partial charge on any atom is 0.342 e. The van der Waals surface area contributed by atoms with Crippen molar-refractivity contribution >= 4 is 29.1 Å². The van der Waals surface area contributed by atoms with Crippen LogP contribution in [0.25, 0.3) is 0 Å². The zero-order chi connectivity index (χ0) is 15.8. The van der Waals surface area contributed by atoms with E-state index in [-0.39, 0.29) is 12.3 Å². The molecular formula is C12H15FN2O5S. The second-order valence-electron chi connectivity index (χ2n) is 4.03. The summed E-state index contributed by atoms with van der Waals surface area (Å²) in [7, 11) is 0. The van der Waals surface area contributed by atoms with Crippen LogP contribution in [0.1, 0.15) is 16.8 Å². The van der Waals surface area contributed by atoms with Crippen LogP contribution in [-0.2, 0) is 0 Å². The Kier molecular flexibility index (Phi) is 6.89. The highest BCUT2D eigenvalue weighted by Crippen LogP contribution is 2.26. The first-order valence-electron chi connectivity index (χ1n) is 6.11. The van der Waals surface area contributed by atoms with Crippen LogP contribution in [0.5, 0.6) is 0 Å². The molecule has 1 rings (SSSR count). The molecule has 1 aromatic carbocycles. The highest BCUT2D eigenvalue weighted by atomic mass is 32.2. The Balaban J connectivity index is 2.72. The number of benzene rings is 1. The van der Waals surface area contributed by atoms with Crippen LogP contribution in [-0.4, -0.2) is 45.8 Å². The van der Waals surface area contributed by atoms with Gasteiger partial charge in [-0.3, -0.25) is 10.1 Å². The van der Waals surface area contributed by atoms with Crippen LogP contribution in [0.15, 0.2) is 12.1 Å². The second kappa shape index (κ2) is 8.42. The monoisotopic (exact) mass is 318 g/mol. The van der Waals surface area contributed by atoms with Gasteiger partial charge in [0.25, 0.3) is 5.69 Å². The van der Waals surface area contributed by atoms with E-state index in [2.05, 4.69) is 5.32 Å². The number of hydrogen-bond donors (Lipinski definition) is 3. The lowest BCUT2D eigenvalue weighted by Crippen LogP contribution is -2.10. The van der Waals surface area contributed by atoms with Gasteiger partial charge in [-0.25, -0.2) is 9.18 Å². The number of carboxylic acids is 1. The van der Waals surface area contributed by atoms with E-state index in [1.54, 1.807) is 11.8 Å². The zero-order valence-electron chi connectivity index (χ0n) is 11.0. The molecule has 0 saturated carbocycles. The summed E-state index contributed by atoms with van der Waals surface area (Å²) in [4.78, 5) is 20.7. The van der Waals surface area contributed by atoms with Gasteiger partial charge < -0.3 is 15.5 Å². The van der Waals surface area contributed by atoms with E-state index in [4.69, 9.17) is 10.2 Å². The van der Waals surface area contributed by atoms with Crippen LogP contribution in [0.3, 0.4) is 0 Å². The number of carboxylic acid groups (broad SMARTS) is 1. The van der Waals surface area contributed by atoms with Crippen molar-refractivity contribution in [2.24, 2.45) is 0 Å². The van der Waals surface area contributed by atoms with Gasteiger partial charge in [0, 0.05) is 18.9 Å². The number of nitrogens with one attached hydrogen (secondary N) is 1. The fourth-order valence-corrected chi connectivity index (χ4v) is 2.33. The topological polar surface area (TPSA) is 113 Å². The van der Waals surface area contributed by atoms with E-state index >= 15 is 0 Å². The van der Waals surface area contributed by atoms with Crippen LogP contribution in [0.2, 0.25) is 0 Å². The number of aliphatic hydroxyl groups excluding tert-OH is 1. The molecule has 0 unspecified atom stereocenters. The Labute approximate surface area is 124 Å². The average molecular weight is 318 g/mol. The number of aromatic carboxylic acids is 1. The SMILES string of the molecule is O=C(O)c1cc(NCCSCCCO)c(F)cc1[N+](=O)[O-]. The Morgan fingerprint density at radius 2 is 2.14 bits per heavy atom. The molecule has 0 amide bonds. The van der Waals surface area contributed by atoms with Gasteiger partial charge in [0.15, 0.2) is 5.82 Å². The first-order chi connectivity index (χ1) is 9.97. The molecule has 0 heterocycles. The summed E-state index contributed by atoms with van der Waals surface area (Å²) in [5.41, 5.74) is -1.42. The number of rotatable bonds is 9. The molecule has 0 aromatic heterocycles. The number of anilines is 1. The number of aliphatic hydroxyl groups is 1. The van der Waals surface area contributed by atoms with Crippen molar-refractivity contribution in [2.75, 3.05) is 30.0 Å².